The minimum atomic E-state index is 0.145. The Balaban J connectivity index is 2.72. The van der Waals surface area contributed by atoms with E-state index in [0.29, 0.717) is 6.41 Å². The maximum Gasteiger partial charge on any atom is 0.211 e. The largest absolute Gasteiger partial charge is 0.491 e. The van der Waals surface area contributed by atoms with Crippen LogP contribution >= 0.6 is 0 Å². The Morgan fingerprint density at radius 3 is 2.85 bits per heavy atom. The summed E-state index contributed by atoms with van der Waals surface area (Å²) in [5.41, 5.74) is 0.744. The van der Waals surface area contributed by atoms with Crippen LogP contribution in [0.5, 0.6) is 5.75 Å². The summed E-state index contributed by atoms with van der Waals surface area (Å²) in [4.78, 5) is 10.2. The summed E-state index contributed by atoms with van der Waals surface area (Å²) < 4.78 is 5.45. The Kier molecular flexibility index (Phi) is 3.31. The van der Waals surface area contributed by atoms with Crippen LogP contribution in [0.4, 0.5) is 5.69 Å². The number of rotatable bonds is 4. The lowest BCUT2D eigenvalue weighted by Gasteiger charge is -2.10. The van der Waals surface area contributed by atoms with Crippen LogP contribution in [-0.2, 0) is 4.79 Å². The first-order valence-corrected chi connectivity index (χ1v) is 4.19. The molecule has 0 saturated carbocycles. The number of carbonyl (C=O) groups excluding carboxylic acids is 1. The minimum absolute atomic E-state index is 0.145. The SMILES string of the molecule is CC(C)Oc1cccc(NC=O)c1. The monoisotopic (exact) mass is 179 g/mol. The van der Waals surface area contributed by atoms with Crippen LogP contribution in [0.1, 0.15) is 13.8 Å². The van der Waals surface area contributed by atoms with Crippen LogP contribution in [0.2, 0.25) is 0 Å². The molecular formula is C10H13NO2. The number of carbonyl (C=O) groups is 1. The normalized spacial score (nSPS) is 9.77. The van der Waals surface area contributed by atoms with Crippen LogP contribution in [0.3, 0.4) is 0 Å². The van der Waals surface area contributed by atoms with Gasteiger partial charge in [-0.3, -0.25) is 4.79 Å². The third kappa shape index (κ3) is 3.15. The van der Waals surface area contributed by atoms with Crippen molar-refractivity contribution in [2.45, 2.75) is 20.0 Å². The van der Waals surface area contributed by atoms with Crippen molar-refractivity contribution in [1.29, 1.82) is 0 Å². The molecule has 0 aliphatic rings. The molecule has 70 valence electrons. The average Bonchev–Trinajstić information content (AvgIpc) is 2.04. The standard InChI is InChI=1S/C10H13NO2/c1-8(2)13-10-5-3-4-9(6-10)11-7-12/h3-8H,1-2H3,(H,11,12). The van der Waals surface area contributed by atoms with Crippen LogP contribution in [0.15, 0.2) is 24.3 Å². The molecule has 3 heteroatoms. The molecule has 3 nitrogen and oxygen atoms in total. The maximum absolute atomic E-state index is 10.2. The van der Waals surface area contributed by atoms with Crippen molar-refractivity contribution in [2.75, 3.05) is 5.32 Å². The minimum Gasteiger partial charge on any atom is -0.491 e. The fourth-order valence-corrected chi connectivity index (χ4v) is 0.999. The van der Waals surface area contributed by atoms with Gasteiger partial charge in [-0.2, -0.15) is 0 Å². The van der Waals surface area contributed by atoms with E-state index < -0.39 is 0 Å². The van der Waals surface area contributed by atoms with E-state index in [4.69, 9.17) is 4.74 Å². The number of amides is 1. The molecule has 1 aromatic rings. The van der Waals surface area contributed by atoms with E-state index in [9.17, 15) is 4.79 Å². The van der Waals surface area contributed by atoms with E-state index in [1.807, 2.05) is 32.0 Å². The molecule has 0 fully saturated rings. The Labute approximate surface area is 77.7 Å². The highest BCUT2D eigenvalue weighted by Gasteiger charge is 1.97. The lowest BCUT2D eigenvalue weighted by Crippen LogP contribution is -2.05. The fraction of sp³-hybridized carbons (Fsp3) is 0.300. The Morgan fingerprint density at radius 1 is 1.46 bits per heavy atom. The van der Waals surface area contributed by atoms with E-state index in [2.05, 4.69) is 5.32 Å². The van der Waals surface area contributed by atoms with Gasteiger partial charge in [0.25, 0.3) is 0 Å². The molecule has 1 aromatic carbocycles. The molecule has 1 N–H and O–H groups in total. The molecular weight excluding hydrogens is 166 g/mol. The summed E-state index contributed by atoms with van der Waals surface area (Å²) in [6, 6.07) is 7.29. The number of nitrogens with one attached hydrogen (secondary N) is 1. The Hall–Kier alpha value is -1.51. The summed E-state index contributed by atoms with van der Waals surface area (Å²) in [5, 5.41) is 2.56. The Bertz CT molecular complexity index is 284. The third-order valence-electron chi connectivity index (χ3n) is 1.43. The molecule has 0 atom stereocenters. The quantitative estimate of drug-likeness (QED) is 0.718. The van der Waals surface area contributed by atoms with Crippen molar-refractivity contribution in [1.82, 2.24) is 0 Å². The maximum atomic E-state index is 10.2. The molecule has 1 rings (SSSR count). The fourth-order valence-electron chi connectivity index (χ4n) is 0.999. The zero-order chi connectivity index (χ0) is 9.68. The lowest BCUT2D eigenvalue weighted by molar-refractivity contribution is -0.105. The number of ether oxygens (including phenoxy) is 1. The van der Waals surface area contributed by atoms with Gasteiger partial charge in [0.05, 0.1) is 6.10 Å². The van der Waals surface area contributed by atoms with Gasteiger partial charge in [0.15, 0.2) is 0 Å². The number of benzene rings is 1. The molecule has 1 amide bonds. The third-order valence-corrected chi connectivity index (χ3v) is 1.43. The van der Waals surface area contributed by atoms with Crippen LogP contribution in [0.25, 0.3) is 0 Å². The first-order chi connectivity index (χ1) is 6.22. The number of hydrogen-bond acceptors (Lipinski definition) is 2. The number of anilines is 1. The van der Waals surface area contributed by atoms with E-state index in [-0.39, 0.29) is 6.10 Å². The molecule has 0 saturated heterocycles. The van der Waals surface area contributed by atoms with Gasteiger partial charge in [0.2, 0.25) is 6.41 Å². The van der Waals surface area contributed by atoms with E-state index in [1.165, 1.54) is 0 Å². The first kappa shape index (κ1) is 9.58. The van der Waals surface area contributed by atoms with Crippen molar-refractivity contribution in [2.24, 2.45) is 0 Å². The van der Waals surface area contributed by atoms with Gasteiger partial charge in [-0.15, -0.1) is 0 Å². The topological polar surface area (TPSA) is 38.3 Å². The van der Waals surface area contributed by atoms with E-state index in [0.717, 1.165) is 11.4 Å². The average molecular weight is 179 g/mol. The summed E-state index contributed by atoms with van der Waals surface area (Å²) in [5.74, 6) is 0.766. The molecule has 0 radical (unpaired) electrons. The van der Waals surface area contributed by atoms with Gasteiger partial charge >= 0.3 is 0 Å². The highest BCUT2D eigenvalue weighted by Crippen LogP contribution is 2.17. The zero-order valence-electron chi connectivity index (χ0n) is 7.78. The number of hydrogen-bond donors (Lipinski definition) is 1. The van der Waals surface area contributed by atoms with Crippen LogP contribution in [-0.4, -0.2) is 12.5 Å². The van der Waals surface area contributed by atoms with Crippen molar-refractivity contribution in [3.05, 3.63) is 24.3 Å². The summed E-state index contributed by atoms with van der Waals surface area (Å²) in [7, 11) is 0. The molecule has 0 heterocycles. The smallest absolute Gasteiger partial charge is 0.211 e. The van der Waals surface area contributed by atoms with Crippen molar-refractivity contribution < 1.29 is 9.53 Å². The molecule has 0 aliphatic heterocycles. The molecule has 13 heavy (non-hydrogen) atoms. The molecule has 0 aromatic heterocycles. The van der Waals surface area contributed by atoms with Gasteiger partial charge in [-0.25, -0.2) is 0 Å². The molecule has 0 aliphatic carbocycles. The van der Waals surface area contributed by atoms with Gasteiger partial charge in [-0.05, 0) is 26.0 Å². The van der Waals surface area contributed by atoms with Crippen molar-refractivity contribution in [3.8, 4) is 5.75 Å². The van der Waals surface area contributed by atoms with E-state index in [1.54, 1.807) is 6.07 Å². The zero-order valence-corrected chi connectivity index (χ0v) is 7.78. The van der Waals surface area contributed by atoms with Gasteiger partial charge < -0.3 is 10.1 Å². The van der Waals surface area contributed by atoms with Gasteiger partial charge in [0, 0.05) is 11.8 Å². The molecule has 0 bridgehead atoms. The highest BCUT2D eigenvalue weighted by atomic mass is 16.5. The van der Waals surface area contributed by atoms with E-state index >= 15 is 0 Å². The first-order valence-electron chi connectivity index (χ1n) is 4.19. The Morgan fingerprint density at radius 2 is 2.23 bits per heavy atom. The van der Waals surface area contributed by atoms with Crippen molar-refractivity contribution in [3.63, 3.8) is 0 Å². The lowest BCUT2D eigenvalue weighted by atomic mass is 10.3. The van der Waals surface area contributed by atoms with Gasteiger partial charge in [-0.1, -0.05) is 6.07 Å². The molecule has 0 spiro atoms. The summed E-state index contributed by atoms with van der Waals surface area (Å²) in [6.07, 6.45) is 0.792. The summed E-state index contributed by atoms with van der Waals surface area (Å²) in [6.45, 7) is 3.92. The second kappa shape index (κ2) is 4.50. The van der Waals surface area contributed by atoms with Gasteiger partial charge in [0.1, 0.15) is 5.75 Å². The van der Waals surface area contributed by atoms with Crippen molar-refractivity contribution >= 4 is 12.1 Å². The highest BCUT2D eigenvalue weighted by molar-refractivity contribution is 5.71. The second-order valence-electron chi connectivity index (χ2n) is 2.96. The van der Waals surface area contributed by atoms with Crippen LogP contribution < -0.4 is 10.1 Å². The second-order valence-corrected chi connectivity index (χ2v) is 2.96. The van der Waals surface area contributed by atoms with Crippen LogP contribution in [0, 0.1) is 0 Å². The predicted octanol–water partition coefficient (Wildman–Crippen LogP) is 2.04. The summed E-state index contributed by atoms with van der Waals surface area (Å²) >= 11 is 0. The predicted molar refractivity (Wildman–Crippen MR) is 51.9 cm³/mol. The molecule has 0 unspecified atom stereocenters.